The normalized spacial score (nSPS) is 12.7. The number of hydrogen-bond acceptors (Lipinski definition) is 5. The van der Waals surface area contributed by atoms with Crippen molar-refractivity contribution < 1.29 is 15.3 Å². The van der Waals surface area contributed by atoms with Crippen molar-refractivity contribution in [2.75, 3.05) is 0 Å². The van der Waals surface area contributed by atoms with Crippen molar-refractivity contribution in [1.29, 1.82) is 0 Å². The van der Waals surface area contributed by atoms with E-state index in [-0.39, 0.29) is 44.3 Å². The number of benzene rings is 7. The Hall–Kier alpha value is -5.36. The summed E-state index contributed by atoms with van der Waals surface area (Å²) in [4.78, 5) is 1.54. The molecule has 0 aliphatic carbocycles. The molecule has 0 bridgehead atoms. The van der Waals surface area contributed by atoms with Crippen LogP contribution in [0.4, 0.5) is 0 Å². The average Bonchev–Trinajstić information content (AvgIpc) is 3.29. The minimum atomic E-state index is -0.389. The quantitative estimate of drug-likeness (QED) is 0.0950. The summed E-state index contributed by atoms with van der Waals surface area (Å²) in [6, 6.07) is 54.7. The van der Waals surface area contributed by atoms with Crippen LogP contribution in [0.15, 0.2) is 168 Å². The minimum absolute atomic E-state index is 0.189. The van der Waals surface area contributed by atoms with Crippen LogP contribution in [0.1, 0.15) is 137 Å². The van der Waals surface area contributed by atoms with Gasteiger partial charge in [-0.2, -0.15) is 0 Å². The molecule has 65 heavy (non-hydrogen) atoms. The third kappa shape index (κ3) is 9.79. The predicted octanol–water partition coefficient (Wildman–Crippen LogP) is 16.0. The average molecular weight is 899 g/mol. The molecule has 0 spiro atoms. The Morgan fingerprint density at radius 1 is 0.338 bits per heavy atom. The highest BCUT2D eigenvalue weighted by Gasteiger charge is 2.36. The molecule has 0 atom stereocenters. The maximum Gasteiger partial charge on any atom is 0.129 e. The van der Waals surface area contributed by atoms with Crippen LogP contribution in [0.5, 0.6) is 17.2 Å². The van der Waals surface area contributed by atoms with Crippen LogP contribution in [-0.4, -0.2) is 15.3 Å². The Labute approximate surface area is 397 Å². The molecular weight excluding hydrogens is 833 g/mol. The van der Waals surface area contributed by atoms with E-state index in [0.717, 1.165) is 48.7 Å². The van der Waals surface area contributed by atoms with E-state index in [2.05, 4.69) is 197 Å². The molecule has 0 aliphatic rings. The van der Waals surface area contributed by atoms with Gasteiger partial charge in [0.2, 0.25) is 0 Å². The van der Waals surface area contributed by atoms with E-state index in [1.54, 1.807) is 23.5 Å². The SMILES string of the molecule is CC(C)(C)c1cc(CSc2cc(C(C)(C)c3ccccc3)c(C(C)(C)c3ccccc3)cc2O)c(O)c(CSc2cc(C(C)(C)c3ccccc3)c(C(C)(C)c3ccccc3)cc2O)c1. The highest BCUT2D eigenvalue weighted by atomic mass is 32.2. The number of hydrogen-bond donors (Lipinski definition) is 3. The van der Waals surface area contributed by atoms with Crippen molar-refractivity contribution in [1.82, 2.24) is 0 Å². The van der Waals surface area contributed by atoms with Crippen molar-refractivity contribution in [3.8, 4) is 17.2 Å². The standard InChI is InChI=1S/C60H66O3S2/c1-56(2,3)46-32-40(38-64-53-36-49(59(8,9)44-28-20-14-21-29-44)47(34-51(53)61)57(4,5)42-24-16-12-17-25-42)55(63)41(33-46)39-65-54-37-50(60(10,11)45-30-22-15-23-31-45)48(35-52(54)62)58(6,7)43-26-18-13-19-27-43/h12-37,61-63H,38-39H2,1-11H3. The van der Waals surface area contributed by atoms with E-state index in [0.29, 0.717) is 11.5 Å². The zero-order valence-corrected chi connectivity index (χ0v) is 41.7. The molecule has 5 heteroatoms. The van der Waals surface area contributed by atoms with E-state index in [1.165, 1.54) is 22.3 Å². The molecule has 7 aromatic rings. The van der Waals surface area contributed by atoms with Gasteiger partial charge in [-0.15, -0.1) is 23.5 Å². The molecule has 0 saturated heterocycles. The molecule has 336 valence electrons. The zero-order valence-electron chi connectivity index (χ0n) is 40.1. The zero-order chi connectivity index (χ0) is 47.0. The molecule has 0 fully saturated rings. The second kappa shape index (κ2) is 18.5. The molecule has 3 N–H and O–H groups in total. The Bertz CT molecular complexity index is 2570. The summed E-state index contributed by atoms with van der Waals surface area (Å²) in [5, 5.41) is 35.9. The van der Waals surface area contributed by atoms with Gasteiger partial charge < -0.3 is 15.3 Å². The summed E-state index contributed by atoms with van der Waals surface area (Å²) < 4.78 is 0. The van der Waals surface area contributed by atoms with Gasteiger partial charge in [-0.3, -0.25) is 0 Å². The number of phenols is 3. The first-order valence-electron chi connectivity index (χ1n) is 22.7. The second-order valence-corrected chi connectivity index (χ2v) is 22.7. The topological polar surface area (TPSA) is 60.7 Å². The predicted molar refractivity (Wildman–Crippen MR) is 276 cm³/mol. The molecule has 0 unspecified atom stereocenters. The Balaban J connectivity index is 1.26. The first-order valence-corrected chi connectivity index (χ1v) is 24.7. The molecule has 0 amide bonds. The molecule has 7 aromatic carbocycles. The maximum atomic E-state index is 12.1. The highest BCUT2D eigenvalue weighted by Crippen LogP contribution is 2.49. The Kier molecular flexibility index (Phi) is 13.5. The van der Waals surface area contributed by atoms with Crippen LogP contribution in [-0.2, 0) is 38.6 Å². The summed E-state index contributed by atoms with van der Waals surface area (Å²) in [5.74, 6) is 1.62. The molecule has 0 aromatic heterocycles. The van der Waals surface area contributed by atoms with Crippen molar-refractivity contribution >= 4 is 23.5 Å². The summed E-state index contributed by atoms with van der Waals surface area (Å²) in [7, 11) is 0. The number of phenolic OH excluding ortho intramolecular Hbond substituents is 3. The van der Waals surface area contributed by atoms with Gasteiger partial charge in [-0.05, 0) is 79.8 Å². The fraction of sp³-hybridized carbons (Fsp3) is 0.300. The van der Waals surface area contributed by atoms with Gasteiger partial charge in [0.05, 0.1) is 0 Å². The molecular formula is C60H66O3S2. The number of thioether (sulfide) groups is 2. The van der Waals surface area contributed by atoms with E-state index >= 15 is 0 Å². The highest BCUT2D eigenvalue weighted by molar-refractivity contribution is 7.99. The fourth-order valence-corrected chi connectivity index (χ4v) is 11.1. The fourth-order valence-electron chi connectivity index (χ4n) is 9.20. The van der Waals surface area contributed by atoms with Crippen molar-refractivity contribution in [2.45, 2.75) is 125 Å². The lowest BCUT2D eigenvalue weighted by Gasteiger charge is -2.36. The van der Waals surface area contributed by atoms with Gasteiger partial charge in [0, 0.05) is 54.1 Å². The van der Waals surface area contributed by atoms with E-state index in [1.807, 2.05) is 36.4 Å². The first kappa shape index (κ1) is 47.6. The van der Waals surface area contributed by atoms with Crippen LogP contribution in [0, 0.1) is 0 Å². The van der Waals surface area contributed by atoms with Crippen LogP contribution < -0.4 is 0 Å². The summed E-state index contributed by atoms with van der Waals surface area (Å²) in [5.41, 5.74) is 10.2. The van der Waals surface area contributed by atoms with E-state index in [9.17, 15) is 15.3 Å². The van der Waals surface area contributed by atoms with Crippen molar-refractivity contribution in [3.63, 3.8) is 0 Å². The third-order valence-corrected chi connectivity index (χ3v) is 16.0. The van der Waals surface area contributed by atoms with Crippen molar-refractivity contribution in [3.05, 3.63) is 219 Å². The first-order chi connectivity index (χ1) is 30.6. The van der Waals surface area contributed by atoms with Gasteiger partial charge in [-0.25, -0.2) is 0 Å². The number of aromatic hydroxyl groups is 3. The van der Waals surface area contributed by atoms with Crippen LogP contribution in [0.25, 0.3) is 0 Å². The van der Waals surface area contributed by atoms with Crippen LogP contribution >= 0.6 is 23.5 Å². The van der Waals surface area contributed by atoms with Gasteiger partial charge in [0.1, 0.15) is 17.2 Å². The van der Waals surface area contributed by atoms with Crippen LogP contribution in [0.2, 0.25) is 0 Å². The van der Waals surface area contributed by atoms with Gasteiger partial charge in [0.25, 0.3) is 0 Å². The molecule has 7 rings (SSSR count). The summed E-state index contributed by atoms with van der Waals surface area (Å²) in [6.07, 6.45) is 0. The van der Waals surface area contributed by atoms with Gasteiger partial charge >= 0.3 is 0 Å². The third-order valence-electron chi connectivity index (χ3n) is 13.8. The summed E-state index contributed by atoms with van der Waals surface area (Å²) >= 11 is 3.10. The largest absolute Gasteiger partial charge is 0.507 e. The Morgan fingerprint density at radius 3 is 0.862 bits per heavy atom. The van der Waals surface area contributed by atoms with Crippen molar-refractivity contribution in [2.24, 2.45) is 0 Å². The lowest BCUT2D eigenvalue weighted by Crippen LogP contribution is -2.28. The molecule has 0 aliphatic heterocycles. The van der Waals surface area contributed by atoms with E-state index in [4.69, 9.17) is 0 Å². The van der Waals surface area contributed by atoms with Crippen LogP contribution in [0.3, 0.4) is 0 Å². The Morgan fingerprint density at radius 2 is 0.600 bits per heavy atom. The molecule has 0 heterocycles. The molecule has 0 radical (unpaired) electrons. The molecule has 3 nitrogen and oxygen atoms in total. The molecule has 0 saturated carbocycles. The maximum absolute atomic E-state index is 12.1. The smallest absolute Gasteiger partial charge is 0.129 e. The second-order valence-electron chi connectivity index (χ2n) is 20.7. The minimum Gasteiger partial charge on any atom is -0.507 e. The van der Waals surface area contributed by atoms with Gasteiger partial charge in [0.15, 0.2) is 0 Å². The lowest BCUT2D eigenvalue weighted by molar-refractivity contribution is 0.456. The van der Waals surface area contributed by atoms with Gasteiger partial charge in [-0.1, -0.05) is 210 Å². The monoisotopic (exact) mass is 898 g/mol. The number of rotatable bonds is 14. The summed E-state index contributed by atoms with van der Waals surface area (Å²) in [6.45, 7) is 24.6. The van der Waals surface area contributed by atoms with E-state index < -0.39 is 0 Å². The lowest BCUT2D eigenvalue weighted by atomic mass is 9.68.